The third-order valence-electron chi connectivity index (χ3n) is 4.35. The molecule has 0 aliphatic carbocycles. The predicted octanol–water partition coefficient (Wildman–Crippen LogP) is 0.162. The number of aromatic nitrogens is 4. The Kier molecular flexibility index (Phi) is 5.80. The lowest BCUT2D eigenvalue weighted by Gasteiger charge is -2.22. The molecule has 134 valence electrons. The van der Waals surface area contributed by atoms with E-state index in [1.54, 1.807) is 16.8 Å². The Morgan fingerprint density at radius 3 is 2.88 bits per heavy atom. The largest absolute Gasteiger partial charge is 0.490 e. The quantitative estimate of drug-likeness (QED) is 0.719. The SMILES string of the molecule is CCc1nc(-c2nnn(C)c2COC2CCCCO2)ccc1B(O)O. The number of hydrogen-bond acceptors (Lipinski definition) is 7. The van der Waals surface area contributed by atoms with Gasteiger partial charge in [0.05, 0.1) is 18.0 Å². The van der Waals surface area contributed by atoms with E-state index in [4.69, 9.17) is 9.47 Å². The van der Waals surface area contributed by atoms with Gasteiger partial charge in [0.1, 0.15) is 5.69 Å². The van der Waals surface area contributed by atoms with Crippen LogP contribution in [0.2, 0.25) is 0 Å². The zero-order chi connectivity index (χ0) is 17.8. The highest BCUT2D eigenvalue weighted by molar-refractivity contribution is 6.59. The Labute approximate surface area is 146 Å². The topological polar surface area (TPSA) is 103 Å². The van der Waals surface area contributed by atoms with Crippen LogP contribution in [0.1, 0.15) is 37.6 Å². The number of nitrogens with zero attached hydrogens (tertiary/aromatic N) is 4. The maximum absolute atomic E-state index is 9.43. The van der Waals surface area contributed by atoms with Gasteiger partial charge in [-0.15, -0.1) is 5.10 Å². The monoisotopic (exact) mass is 346 g/mol. The maximum Gasteiger partial charge on any atom is 0.490 e. The number of hydrogen-bond donors (Lipinski definition) is 2. The molecule has 0 aromatic carbocycles. The van der Waals surface area contributed by atoms with E-state index >= 15 is 0 Å². The van der Waals surface area contributed by atoms with Gasteiger partial charge in [-0.05, 0) is 31.7 Å². The highest BCUT2D eigenvalue weighted by Crippen LogP contribution is 2.22. The van der Waals surface area contributed by atoms with Crippen LogP contribution in [-0.4, -0.2) is 50.0 Å². The zero-order valence-corrected chi connectivity index (χ0v) is 14.6. The first-order chi connectivity index (χ1) is 12.1. The molecule has 1 aliphatic rings. The second-order valence-electron chi connectivity index (χ2n) is 6.08. The molecule has 2 aromatic heterocycles. The minimum absolute atomic E-state index is 0.192. The lowest BCUT2D eigenvalue weighted by molar-refractivity contribution is -0.169. The molecule has 0 bridgehead atoms. The molecule has 0 radical (unpaired) electrons. The summed E-state index contributed by atoms with van der Waals surface area (Å²) in [7, 11) is 0.272. The van der Waals surface area contributed by atoms with E-state index < -0.39 is 7.12 Å². The van der Waals surface area contributed by atoms with Gasteiger partial charge in [-0.3, -0.25) is 4.98 Å². The van der Waals surface area contributed by atoms with Crippen molar-refractivity contribution in [3.05, 3.63) is 23.5 Å². The molecule has 0 amide bonds. The normalized spacial score (nSPS) is 17.7. The van der Waals surface area contributed by atoms with Gasteiger partial charge in [-0.1, -0.05) is 18.2 Å². The van der Waals surface area contributed by atoms with Crippen molar-refractivity contribution >= 4 is 12.6 Å². The van der Waals surface area contributed by atoms with Gasteiger partial charge in [0.2, 0.25) is 0 Å². The fourth-order valence-electron chi connectivity index (χ4n) is 2.91. The lowest BCUT2D eigenvalue weighted by atomic mass is 9.78. The molecular formula is C16H23BN4O4. The van der Waals surface area contributed by atoms with Crippen molar-refractivity contribution in [3.8, 4) is 11.4 Å². The van der Waals surface area contributed by atoms with Crippen molar-refractivity contribution in [3.63, 3.8) is 0 Å². The molecule has 8 nitrogen and oxygen atoms in total. The van der Waals surface area contributed by atoms with Gasteiger partial charge in [0.25, 0.3) is 0 Å². The average molecular weight is 346 g/mol. The predicted molar refractivity (Wildman–Crippen MR) is 91.8 cm³/mol. The second-order valence-corrected chi connectivity index (χ2v) is 6.08. The standard InChI is InChI=1S/C16H23BN4O4/c1-3-12-11(17(22)23)7-8-13(18-12)16-14(21(2)20-19-16)10-25-15-6-4-5-9-24-15/h7-8,15,22-23H,3-6,9-10H2,1-2H3. The van der Waals surface area contributed by atoms with Crippen LogP contribution >= 0.6 is 0 Å². The van der Waals surface area contributed by atoms with Crippen LogP contribution in [0.15, 0.2) is 12.1 Å². The fourth-order valence-corrected chi connectivity index (χ4v) is 2.91. The Bertz CT molecular complexity index is 716. The molecule has 2 N–H and O–H groups in total. The summed E-state index contributed by atoms with van der Waals surface area (Å²) in [5, 5.41) is 27.1. The summed E-state index contributed by atoms with van der Waals surface area (Å²) < 4.78 is 13.1. The summed E-state index contributed by atoms with van der Waals surface area (Å²) in [6.45, 7) is 2.98. The molecule has 0 saturated carbocycles. The molecule has 3 rings (SSSR count). The van der Waals surface area contributed by atoms with E-state index in [1.807, 2.05) is 14.0 Å². The van der Waals surface area contributed by atoms with E-state index in [0.717, 1.165) is 31.6 Å². The Hall–Kier alpha value is -1.81. The zero-order valence-electron chi connectivity index (χ0n) is 14.6. The molecule has 1 fully saturated rings. The van der Waals surface area contributed by atoms with Crippen molar-refractivity contribution in [1.29, 1.82) is 0 Å². The molecule has 0 spiro atoms. The van der Waals surface area contributed by atoms with E-state index in [2.05, 4.69) is 15.3 Å². The van der Waals surface area contributed by atoms with Gasteiger partial charge >= 0.3 is 7.12 Å². The summed E-state index contributed by atoms with van der Waals surface area (Å²) in [4.78, 5) is 4.53. The minimum Gasteiger partial charge on any atom is -0.423 e. The molecule has 3 heterocycles. The smallest absolute Gasteiger partial charge is 0.423 e. The van der Waals surface area contributed by atoms with Crippen molar-refractivity contribution in [1.82, 2.24) is 20.0 Å². The molecular weight excluding hydrogens is 323 g/mol. The molecule has 1 saturated heterocycles. The molecule has 1 unspecified atom stereocenters. The van der Waals surface area contributed by atoms with Crippen molar-refractivity contribution < 1.29 is 19.5 Å². The summed E-state index contributed by atoms with van der Waals surface area (Å²) in [6, 6.07) is 3.38. The Morgan fingerprint density at radius 1 is 1.36 bits per heavy atom. The summed E-state index contributed by atoms with van der Waals surface area (Å²) in [5.41, 5.74) is 3.11. The van der Waals surface area contributed by atoms with Gasteiger partial charge in [0.15, 0.2) is 6.29 Å². The lowest BCUT2D eigenvalue weighted by Crippen LogP contribution is -2.33. The van der Waals surface area contributed by atoms with Crippen LogP contribution in [0.5, 0.6) is 0 Å². The highest BCUT2D eigenvalue weighted by atomic mass is 16.7. The Morgan fingerprint density at radius 2 is 2.20 bits per heavy atom. The summed E-state index contributed by atoms with van der Waals surface area (Å²) in [6.07, 6.45) is 3.46. The van der Waals surface area contributed by atoms with Gasteiger partial charge in [-0.25, -0.2) is 4.68 Å². The van der Waals surface area contributed by atoms with E-state index in [0.29, 0.717) is 35.6 Å². The Balaban J connectivity index is 1.83. The molecule has 2 aromatic rings. The number of rotatable bonds is 6. The molecule has 1 aliphatic heterocycles. The first-order valence-corrected chi connectivity index (χ1v) is 8.58. The third-order valence-corrected chi connectivity index (χ3v) is 4.35. The number of ether oxygens (including phenoxy) is 2. The first kappa shape index (κ1) is 18.0. The van der Waals surface area contributed by atoms with Crippen LogP contribution < -0.4 is 5.46 Å². The molecule has 25 heavy (non-hydrogen) atoms. The van der Waals surface area contributed by atoms with Crippen molar-refractivity contribution in [2.45, 2.75) is 45.5 Å². The van der Waals surface area contributed by atoms with Crippen molar-refractivity contribution in [2.75, 3.05) is 6.61 Å². The summed E-state index contributed by atoms with van der Waals surface area (Å²) in [5.74, 6) is 0. The van der Waals surface area contributed by atoms with Crippen LogP contribution in [0.4, 0.5) is 0 Å². The highest BCUT2D eigenvalue weighted by Gasteiger charge is 2.21. The number of pyridine rings is 1. The van der Waals surface area contributed by atoms with Gasteiger partial charge < -0.3 is 19.5 Å². The van der Waals surface area contributed by atoms with Crippen LogP contribution in [0, 0.1) is 0 Å². The first-order valence-electron chi connectivity index (χ1n) is 8.58. The second kappa shape index (κ2) is 8.05. The average Bonchev–Trinajstić information content (AvgIpc) is 3.00. The summed E-state index contributed by atoms with van der Waals surface area (Å²) >= 11 is 0. The van der Waals surface area contributed by atoms with Crippen LogP contribution in [0.25, 0.3) is 11.4 Å². The molecule has 1 atom stereocenters. The van der Waals surface area contributed by atoms with Crippen LogP contribution in [-0.2, 0) is 29.5 Å². The minimum atomic E-state index is -1.54. The molecule has 9 heteroatoms. The maximum atomic E-state index is 9.43. The van der Waals surface area contributed by atoms with E-state index in [9.17, 15) is 10.0 Å². The van der Waals surface area contributed by atoms with Crippen molar-refractivity contribution in [2.24, 2.45) is 7.05 Å². The van der Waals surface area contributed by atoms with Gasteiger partial charge in [0, 0.05) is 24.8 Å². The van der Waals surface area contributed by atoms with Crippen LogP contribution in [0.3, 0.4) is 0 Å². The van der Waals surface area contributed by atoms with E-state index in [-0.39, 0.29) is 6.29 Å². The van der Waals surface area contributed by atoms with E-state index in [1.165, 1.54) is 0 Å². The number of aryl methyl sites for hydroxylation is 2. The fraction of sp³-hybridized carbons (Fsp3) is 0.562. The third kappa shape index (κ3) is 4.06. The van der Waals surface area contributed by atoms with Gasteiger partial charge in [-0.2, -0.15) is 0 Å².